The molecular formula is C20H18BrN3OS2. The van der Waals surface area contributed by atoms with Crippen molar-refractivity contribution in [3.63, 3.8) is 0 Å². The molecule has 1 aliphatic heterocycles. The van der Waals surface area contributed by atoms with Gasteiger partial charge in [-0.1, -0.05) is 18.2 Å². The Morgan fingerprint density at radius 3 is 2.70 bits per heavy atom. The van der Waals surface area contributed by atoms with E-state index in [0.29, 0.717) is 0 Å². The number of pyridine rings is 1. The summed E-state index contributed by atoms with van der Waals surface area (Å²) in [4.78, 5) is 8.06. The summed E-state index contributed by atoms with van der Waals surface area (Å²) in [5.74, 6) is 0.853. The van der Waals surface area contributed by atoms with Crippen LogP contribution in [0.5, 0.6) is 5.75 Å². The minimum Gasteiger partial charge on any atom is -0.497 e. The number of thiocarbonyl (C=S) groups is 1. The van der Waals surface area contributed by atoms with Gasteiger partial charge in [0.15, 0.2) is 5.11 Å². The van der Waals surface area contributed by atoms with Gasteiger partial charge in [-0.15, -0.1) is 11.3 Å². The maximum Gasteiger partial charge on any atom is 0.170 e. The fourth-order valence-corrected chi connectivity index (χ4v) is 5.19. The standard InChI is InChI=1S/C20H18BrN3OS2/c1-25-15-7-5-13(6-8-15)11-24-19(17-10-14(21)12-27-17)18(23-20(24)26)16-4-2-3-9-22-16/h2-10,12,18-19H,11H2,1H3,(H,23,26)/t18-,19+/m1/s1. The van der Waals surface area contributed by atoms with Crippen molar-refractivity contribution in [2.24, 2.45) is 0 Å². The van der Waals surface area contributed by atoms with Crippen molar-refractivity contribution in [1.82, 2.24) is 15.2 Å². The van der Waals surface area contributed by atoms with E-state index in [4.69, 9.17) is 17.0 Å². The minimum atomic E-state index is 0.0162. The lowest BCUT2D eigenvalue weighted by Crippen LogP contribution is -2.28. The molecule has 4 rings (SSSR count). The molecule has 27 heavy (non-hydrogen) atoms. The van der Waals surface area contributed by atoms with Crippen LogP contribution in [0.15, 0.2) is 64.6 Å². The van der Waals surface area contributed by atoms with Gasteiger partial charge in [0.25, 0.3) is 0 Å². The lowest BCUT2D eigenvalue weighted by molar-refractivity contribution is 0.315. The van der Waals surface area contributed by atoms with Crippen molar-refractivity contribution in [1.29, 1.82) is 0 Å². The molecule has 0 saturated carbocycles. The second kappa shape index (κ2) is 7.96. The molecular weight excluding hydrogens is 442 g/mol. The fraction of sp³-hybridized carbons (Fsp3) is 0.200. The van der Waals surface area contributed by atoms with Crippen LogP contribution in [-0.4, -0.2) is 22.1 Å². The number of hydrogen-bond acceptors (Lipinski definition) is 4. The molecule has 1 aliphatic rings. The number of thiophene rings is 1. The zero-order valence-corrected chi connectivity index (χ0v) is 17.9. The highest BCUT2D eigenvalue weighted by Crippen LogP contribution is 2.42. The molecule has 0 bridgehead atoms. The van der Waals surface area contributed by atoms with E-state index in [9.17, 15) is 0 Å². The largest absolute Gasteiger partial charge is 0.497 e. The van der Waals surface area contributed by atoms with Crippen LogP contribution >= 0.6 is 39.5 Å². The molecule has 0 aliphatic carbocycles. The molecule has 0 radical (unpaired) electrons. The Morgan fingerprint density at radius 2 is 2.07 bits per heavy atom. The highest BCUT2D eigenvalue weighted by Gasteiger charge is 2.40. The van der Waals surface area contributed by atoms with Gasteiger partial charge in [0.05, 0.1) is 24.9 Å². The third kappa shape index (κ3) is 3.85. The Labute approximate surface area is 176 Å². The maximum atomic E-state index is 5.70. The summed E-state index contributed by atoms with van der Waals surface area (Å²) in [6.07, 6.45) is 1.83. The lowest BCUT2D eigenvalue weighted by atomic mass is 10.0. The number of hydrogen-bond donors (Lipinski definition) is 1. The first-order chi connectivity index (χ1) is 13.2. The van der Waals surface area contributed by atoms with Crippen molar-refractivity contribution >= 4 is 44.6 Å². The first-order valence-corrected chi connectivity index (χ1v) is 10.6. The fourth-order valence-electron chi connectivity index (χ4n) is 3.30. The molecule has 1 fully saturated rings. The monoisotopic (exact) mass is 459 g/mol. The number of rotatable bonds is 5. The van der Waals surface area contributed by atoms with E-state index in [1.165, 1.54) is 10.4 Å². The average molecular weight is 460 g/mol. The molecule has 3 aromatic rings. The molecule has 138 valence electrons. The van der Waals surface area contributed by atoms with Crippen molar-refractivity contribution in [3.8, 4) is 5.75 Å². The summed E-state index contributed by atoms with van der Waals surface area (Å²) in [5.41, 5.74) is 2.17. The number of halogens is 1. The van der Waals surface area contributed by atoms with Crippen LogP contribution in [0.1, 0.15) is 28.2 Å². The molecule has 3 heterocycles. The minimum absolute atomic E-state index is 0.0162. The Balaban J connectivity index is 1.68. The number of aromatic nitrogens is 1. The van der Waals surface area contributed by atoms with Gasteiger partial charge in [0.1, 0.15) is 5.75 Å². The van der Waals surface area contributed by atoms with E-state index in [2.05, 4.69) is 54.7 Å². The van der Waals surface area contributed by atoms with Gasteiger partial charge in [0.2, 0.25) is 0 Å². The van der Waals surface area contributed by atoms with Gasteiger partial charge in [-0.05, 0) is 64.0 Å². The van der Waals surface area contributed by atoms with Gasteiger partial charge in [-0.25, -0.2) is 0 Å². The van der Waals surface area contributed by atoms with Crippen molar-refractivity contribution in [2.75, 3.05) is 7.11 Å². The topological polar surface area (TPSA) is 37.4 Å². The van der Waals surface area contributed by atoms with Crippen LogP contribution in [0.4, 0.5) is 0 Å². The van der Waals surface area contributed by atoms with Gasteiger partial charge in [-0.3, -0.25) is 4.98 Å². The summed E-state index contributed by atoms with van der Waals surface area (Å²) in [6.45, 7) is 0.722. The lowest BCUT2D eigenvalue weighted by Gasteiger charge is -2.27. The van der Waals surface area contributed by atoms with E-state index in [0.717, 1.165) is 27.6 Å². The zero-order chi connectivity index (χ0) is 18.8. The Kier molecular flexibility index (Phi) is 5.43. The molecule has 1 saturated heterocycles. The van der Waals surface area contributed by atoms with E-state index < -0.39 is 0 Å². The normalized spacial score (nSPS) is 19.2. The zero-order valence-electron chi connectivity index (χ0n) is 14.6. The molecule has 7 heteroatoms. The van der Waals surface area contributed by atoms with Crippen molar-refractivity contribution < 1.29 is 4.74 Å². The van der Waals surface area contributed by atoms with Crippen molar-refractivity contribution in [3.05, 3.63) is 80.7 Å². The predicted molar refractivity (Wildman–Crippen MR) is 116 cm³/mol. The first-order valence-electron chi connectivity index (χ1n) is 8.50. The summed E-state index contributed by atoms with van der Waals surface area (Å²) in [6, 6.07) is 16.4. The quantitative estimate of drug-likeness (QED) is 0.537. The number of benzene rings is 1. The highest BCUT2D eigenvalue weighted by molar-refractivity contribution is 9.10. The molecule has 2 atom stereocenters. The van der Waals surface area contributed by atoms with Crippen LogP contribution in [-0.2, 0) is 6.54 Å². The molecule has 0 amide bonds. The van der Waals surface area contributed by atoms with E-state index in [-0.39, 0.29) is 12.1 Å². The summed E-state index contributed by atoms with van der Waals surface area (Å²) in [5, 5.41) is 6.34. The predicted octanol–water partition coefficient (Wildman–Crippen LogP) is 5.09. The molecule has 1 aromatic carbocycles. The molecule has 0 unspecified atom stereocenters. The Bertz CT molecular complexity index is 930. The number of methoxy groups -OCH3 is 1. The third-order valence-corrected chi connectivity index (χ3v) is 6.71. The molecule has 4 nitrogen and oxygen atoms in total. The third-order valence-electron chi connectivity index (χ3n) is 4.59. The van der Waals surface area contributed by atoms with Crippen LogP contribution in [0.2, 0.25) is 0 Å². The Hall–Kier alpha value is -1.96. The van der Waals surface area contributed by atoms with Crippen LogP contribution in [0, 0.1) is 0 Å². The van der Waals surface area contributed by atoms with Crippen LogP contribution < -0.4 is 10.1 Å². The summed E-state index contributed by atoms with van der Waals surface area (Å²) >= 11 is 11.0. The number of ether oxygens (including phenoxy) is 1. The maximum absolute atomic E-state index is 5.70. The van der Waals surface area contributed by atoms with Crippen LogP contribution in [0.3, 0.4) is 0 Å². The van der Waals surface area contributed by atoms with Gasteiger partial charge in [0, 0.05) is 27.5 Å². The van der Waals surface area contributed by atoms with Gasteiger partial charge >= 0.3 is 0 Å². The van der Waals surface area contributed by atoms with E-state index >= 15 is 0 Å². The van der Waals surface area contributed by atoms with E-state index in [1.54, 1.807) is 18.4 Å². The second-order valence-corrected chi connectivity index (χ2v) is 8.52. The second-order valence-electron chi connectivity index (χ2n) is 6.27. The number of nitrogens with one attached hydrogen (secondary N) is 1. The SMILES string of the molecule is COc1ccc(CN2C(=S)N[C@H](c3ccccn3)[C@@H]2c2cc(Br)cs2)cc1. The molecule has 2 aromatic heterocycles. The van der Waals surface area contributed by atoms with E-state index in [1.807, 2.05) is 36.5 Å². The van der Waals surface area contributed by atoms with Gasteiger partial charge < -0.3 is 15.0 Å². The van der Waals surface area contributed by atoms with Crippen molar-refractivity contribution in [2.45, 2.75) is 18.6 Å². The number of nitrogens with zero attached hydrogens (tertiary/aromatic N) is 2. The average Bonchev–Trinajstić information content (AvgIpc) is 3.26. The summed E-state index contributed by atoms with van der Waals surface area (Å²) in [7, 11) is 1.68. The summed E-state index contributed by atoms with van der Waals surface area (Å²) < 4.78 is 6.35. The highest BCUT2D eigenvalue weighted by atomic mass is 79.9. The van der Waals surface area contributed by atoms with Crippen LogP contribution in [0.25, 0.3) is 0 Å². The Morgan fingerprint density at radius 1 is 1.26 bits per heavy atom. The molecule has 0 spiro atoms. The smallest absolute Gasteiger partial charge is 0.170 e. The van der Waals surface area contributed by atoms with Gasteiger partial charge in [-0.2, -0.15) is 0 Å². The molecule has 1 N–H and O–H groups in total. The first kappa shape index (κ1) is 18.4.